The molecule has 34 heavy (non-hydrogen) atoms. The van der Waals surface area contributed by atoms with Crippen LogP contribution in [0, 0.1) is 5.82 Å². The van der Waals surface area contributed by atoms with Crippen LogP contribution in [0.4, 0.5) is 15.8 Å². The highest BCUT2D eigenvalue weighted by atomic mass is 19.1. The Labute approximate surface area is 196 Å². The van der Waals surface area contributed by atoms with Gasteiger partial charge in [0, 0.05) is 37.0 Å². The quantitative estimate of drug-likeness (QED) is 0.528. The molecule has 0 radical (unpaired) electrons. The van der Waals surface area contributed by atoms with Crippen molar-refractivity contribution in [2.24, 2.45) is 0 Å². The number of aromatic amines is 1. The number of ether oxygens (including phenoxy) is 3. The summed E-state index contributed by atoms with van der Waals surface area (Å²) in [6.45, 7) is 0.934. The minimum absolute atomic E-state index is 0.0483. The number of pyridine rings is 1. The summed E-state index contributed by atoms with van der Waals surface area (Å²) in [4.78, 5) is 20.8. The fourth-order valence-corrected chi connectivity index (χ4v) is 4.74. The van der Waals surface area contributed by atoms with Gasteiger partial charge in [-0.3, -0.25) is 9.78 Å². The molecule has 0 spiro atoms. The van der Waals surface area contributed by atoms with E-state index in [-0.39, 0.29) is 23.7 Å². The molecule has 9 heteroatoms. The number of rotatable bonds is 4. The first-order valence-corrected chi connectivity index (χ1v) is 11.3. The molecule has 178 valence electrons. The van der Waals surface area contributed by atoms with Crippen LogP contribution in [-0.4, -0.2) is 49.4 Å². The van der Waals surface area contributed by atoms with E-state index in [1.165, 1.54) is 13.2 Å². The van der Waals surface area contributed by atoms with Crippen molar-refractivity contribution >= 4 is 17.3 Å². The number of carbonyl (C=O) groups excluding carboxylic acids is 1. The topological polar surface area (TPSA) is 97.5 Å². The summed E-state index contributed by atoms with van der Waals surface area (Å²) in [6, 6.07) is 6.47. The number of fused-ring (bicyclic) bond motifs is 3. The molecule has 2 aliphatic rings. The third kappa shape index (κ3) is 3.96. The lowest BCUT2D eigenvalue weighted by Gasteiger charge is -2.24. The van der Waals surface area contributed by atoms with Gasteiger partial charge in [-0.25, -0.2) is 4.39 Å². The lowest BCUT2D eigenvalue weighted by Crippen LogP contribution is -2.35. The van der Waals surface area contributed by atoms with E-state index in [2.05, 4.69) is 20.6 Å². The van der Waals surface area contributed by atoms with E-state index < -0.39 is 5.82 Å². The van der Waals surface area contributed by atoms with Crippen LogP contribution in [0.2, 0.25) is 0 Å². The smallest absolute Gasteiger partial charge is 0.255 e. The Hall–Kier alpha value is -3.59. The number of nitrogens with one attached hydrogen (secondary N) is 3. The van der Waals surface area contributed by atoms with Crippen LogP contribution in [0.1, 0.15) is 41.2 Å². The summed E-state index contributed by atoms with van der Waals surface area (Å²) in [5.74, 6) is 0.0655. The van der Waals surface area contributed by atoms with Gasteiger partial charge < -0.3 is 29.8 Å². The number of amides is 1. The summed E-state index contributed by atoms with van der Waals surface area (Å²) in [5.41, 5.74) is 3.74. The van der Waals surface area contributed by atoms with E-state index in [0.717, 1.165) is 30.5 Å². The predicted octanol–water partition coefficient (Wildman–Crippen LogP) is 4.37. The zero-order chi connectivity index (χ0) is 23.7. The van der Waals surface area contributed by atoms with Crippen molar-refractivity contribution in [2.45, 2.75) is 31.3 Å². The van der Waals surface area contributed by atoms with Crippen molar-refractivity contribution in [2.75, 3.05) is 32.7 Å². The highest BCUT2D eigenvalue weighted by Gasteiger charge is 2.34. The Kier molecular flexibility index (Phi) is 6.10. The van der Waals surface area contributed by atoms with Gasteiger partial charge in [0.25, 0.3) is 5.91 Å². The third-order valence-electron chi connectivity index (χ3n) is 6.49. The Balaban J connectivity index is 1.70. The summed E-state index contributed by atoms with van der Waals surface area (Å²) < 4.78 is 31.5. The summed E-state index contributed by atoms with van der Waals surface area (Å²) in [7, 11) is 3.10. The van der Waals surface area contributed by atoms with Crippen molar-refractivity contribution in [1.82, 2.24) is 15.3 Å². The Morgan fingerprint density at radius 3 is 2.94 bits per heavy atom. The second-order valence-corrected chi connectivity index (χ2v) is 8.49. The van der Waals surface area contributed by atoms with Gasteiger partial charge in [-0.1, -0.05) is 12.5 Å². The molecule has 2 aliphatic heterocycles. The number of halogens is 1. The van der Waals surface area contributed by atoms with Crippen LogP contribution in [0.3, 0.4) is 0 Å². The van der Waals surface area contributed by atoms with Crippen LogP contribution in [0.5, 0.6) is 11.5 Å². The third-order valence-corrected chi connectivity index (χ3v) is 6.49. The first kappa shape index (κ1) is 22.2. The number of carbonyl (C=O) groups is 1. The Morgan fingerprint density at radius 2 is 2.12 bits per heavy atom. The minimum atomic E-state index is -0.495. The Bertz CT molecular complexity index is 1210. The fraction of sp³-hybridized carbons (Fsp3) is 0.360. The molecule has 0 unspecified atom stereocenters. The van der Waals surface area contributed by atoms with E-state index in [1.54, 1.807) is 31.6 Å². The molecule has 5 rings (SSSR count). The molecule has 3 N–H and O–H groups in total. The molecule has 0 aliphatic carbocycles. The van der Waals surface area contributed by atoms with Gasteiger partial charge in [-0.05, 0) is 31.0 Å². The predicted molar refractivity (Wildman–Crippen MR) is 125 cm³/mol. The largest absolute Gasteiger partial charge is 0.492 e. The van der Waals surface area contributed by atoms with E-state index in [4.69, 9.17) is 14.2 Å². The maximum atomic E-state index is 14.4. The van der Waals surface area contributed by atoms with E-state index in [9.17, 15) is 9.18 Å². The molecule has 0 fully saturated rings. The average molecular weight is 467 g/mol. The number of aromatic nitrogens is 2. The normalized spacial score (nSPS) is 19.7. The monoisotopic (exact) mass is 466 g/mol. The van der Waals surface area contributed by atoms with Crippen LogP contribution < -0.4 is 20.1 Å². The molecular formula is C25H27FN4O4. The van der Waals surface area contributed by atoms with E-state index in [1.807, 2.05) is 6.07 Å². The average Bonchev–Trinajstić information content (AvgIpc) is 3.22. The van der Waals surface area contributed by atoms with Crippen molar-refractivity contribution in [3.8, 4) is 22.8 Å². The lowest BCUT2D eigenvalue weighted by molar-refractivity contribution is 0.0498. The number of methoxy groups -OCH3 is 2. The zero-order valence-corrected chi connectivity index (χ0v) is 19.1. The van der Waals surface area contributed by atoms with E-state index >= 15 is 0 Å². The molecule has 3 aromatic rings. The molecule has 2 atom stereocenters. The molecule has 4 heterocycles. The van der Waals surface area contributed by atoms with Crippen molar-refractivity contribution in [3.63, 3.8) is 0 Å². The van der Waals surface area contributed by atoms with Crippen molar-refractivity contribution in [1.29, 1.82) is 0 Å². The zero-order valence-electron chi connectivity index (χ0n) is 19.1. The number of nitrogens with zero attached hydrogens (tertiary/aromatic N) is 1. The van der Waals surface area contributed by atoms with Crippen LogP contribution in [0.25, 0.3) is 11.3 Å². The van der Waals surface area contributed by atoms with Gasteiger partial charge in [0.1, 0.15) is 12.4 Å². The van der Waals surface area contributed by atoms with Gasteiger partial charge in [-0.15, -0.1) is 0 Å². The second-order valence-electron chi connectivity index (χ2n) is 8.49. The van der Waals surface area contributed by atoms with Gasteiger partial charge in [0.15, 0.2) is 11.6 Å². The summed E-state index contributed by atoms with van der Waals surface area (Å²) >= 11 is 0. The number of anilines is 2. The summed E-state index contributed by atoms with van der Waals surface area (Å²) in [5, 5.41) is 6.30. The molecule has 0 saturated heterocycles. The van der Waals surface area contributed by atoms with Gasteiger partial charge in [0.05, 0.1) is 42.0 Å². The molecule has 2 aromatic heterocycles. The molecule has 8 nitrogen and oxygen atoms in total. The number of benzene rings is 1. The van der Waals surface area contributed by atoms with Gasteiger partial charge in [-0.2, -0.15) is 0 Å². The SMILES string of the molecule is COc1c(F)cccc1Nc1c2[nH]c3c1C(=O)NC[C@@H]3CCC[C@@H](OC)COc1cnccc1-2. The number of para-hydroxylation sites is 1. The number of hydrogen-bond acceptors (Lipinski definition) is 6. The molecule has 1 amide bonds. The van der Waals surface area contributed by atoms with Gasteiger partial charge in [0.2, 0.25) is 0 Å². The molecule has 2 bridgehead atoms. The highest BCUT2D eigenvalue weighted by Crippen LogP contribution is 2.44. The standard InChI is InChI=1S/C25H27FN4O4/c1-32-15-6-3-5-14-11-28-25(31)20-21(14)30-22(16-9-10-27-12-19(16)34-13-15)23(20)29-18-8-4-7-17(26)24(18)33-2/h4,7-10,12,14-15,29-30H,3,5-6,11,13H2,1-2H3,(H,28,31)/t14-,15+/m0/s1. The van der Waals surface area contributed by atoms with Crippen LogP contribution in [0.15, 0.2) is 36.7 Å². The first-order valence-electron chi connectivity index (χ1n) is 11.3. The number of hydrogen-bond donors (Lipinski definition) is 3. The fourth-order valence-electron chi connectivity index (χ4n) is 4.74. The second kappa shape index (κ2) is 9.34. The molecule has 1 aromatic carbocycles. The lowest BCUT2D eigenvalue weighted by atomic mass is 9.91. The number of H-pyrrole nitrogens is 1. The van der Waals surface area contributed by atoms with E-state index in [0.29, 0.717) is 41.5 Å². The van der Waals surface area contributed by atoms with Crippen molar-refractivity contribution in [3.05, 3.63) is 53.7 Å². The minimum Gasteiger partial charge on any atom is -0.492 e. The highest BCUT2D eigenvalue weighted by molar-refractivity contribution is 6.07. The van der Waals surface area contributed by atoms with Crippen molar-refractivity contribution < 1.29 is 23.4 Å². The van der Waals surface area contributed by atoms with Crippen LogP contribution >= 0.6 is 0 Å². The maximum Gasteiger partial charge on any atom is 0.255 e. The Morgan fingerprint density at radius 1 is 1.24 bits per heavy atom. The maximum absolute atomic E-state index is 14.4. The first-order chi connectivity index (χ1) is 16.6. The molecular weight excluding hydrogens is 439 g/mol. The summed E-state index contributed by atoms with van der Waals surface area (Å²) in [6.07, 6.45) is 5.90. The van der Waals surface area contributed by atoms with Crippen LogP contribution in [-0.2, 0) is 4.74 Å². The molecule has 0 saturated carbocycles. The van der Waals surface area contributed by atoms with Gasteiger partial charge >= 0.3 is 0 Å².